The van der Waals surface area contributed by atoms with E-state index in [9.17, 15) is 0 Å². The Bertz CT molecular complexity index is 3250. The lowest BCUT2D eigenvalue weighted by atomic mass is 9.87. The topological polar surface area (TPSA) is 8.17 Å². The smallest absolute Gasteiger partial charge is 0.0546 e. The van der Waals surface area contributed by atoms with Gasteiger partial charge in [0.15, 0.2) is 0 Å². The van der Waals surface area contributed by atoms with Gasteiger partial charge in [-0.1, -0.05) is 188 Å². The van der Waals surface area contributed by atoms with Crippen molar-refractivity contribution in [1.82, 2.24) is 4.57 Å². The van der Waals surface area contributed by atoms with E-state index in [4.69, 9.17) is 0 Å². The summed E-state index contributed by atoms with van der Waals surface area (Å²) in [7, 11) is 0. The molecule has 11 rings (SSSR count). The van der Waals surface area contributed by atoms with Gasteiger partial charge in [0.25, 0.3) is 0 Å². The van der Waals surface area contributed by atoms with Crippen LogP contribution in [0.1, 0.15) is 0 Å². The van der Waals surface area contributed by atoms with Crippen molar-refractivity contribution in [2.24, 2.45) is 0 Å². The lowest BCUT2D eigenvalue weighted by Crippen LogP contribution is -2.12. The molecule has 0 aliphatic carbocycles. The molecule has 0 N–H and O–H groups in total. The Hall–Kier alpha value is -7.94. The summed E-state index contributed by atoms with van der Waals surface area (Å²) >= 11 is 0. The number of hydrogen-bond donors (Lipinski definition) is 0. The molecule has 0 amide bonds. The number of anilines is 3. The van der Waals surface area contributed by atoms with Crippen LogP contribution in [0.2, 0.25) is 0 Å². The molecular weight excluding hydrogens is 725 g/mol. The van der Waals surface area contributed by atoms with Crippen LogP contribution in [0.25, 0.3) is 82.8 Å². The van der Waals surface area contributed by atoms with Gasteiger partial charge >= 0.3 is 0 Å². The van der Waals surface area contributed by atoms with Gasteiger partial charge < -0.3 is 9.47 Å². The number of fused-ring (bicyclic) bond motifs is 4. The molecule has 282 valence electrons. The average Bonchev–Trinajstić information content (AvgIpc) is 3.67. The number of para-hydroxylation sites is 2. The van der Waals surface area contributed by atoms with Crippen molar-refractivity contribution >= 4 is 49.6 Å². The molecule has 0 bridgehead atoms. The Kier molecular flexibility index (Phi) is 8.87. The Morgan fingerprint density at radius 2 is 0.850 bits per heavy atom. The molecule has 1 aromatic heterocycles. The van der Waals surface area contributed by atoms with E-state index in [0.29, 0.717) is 0 Å². The van der Waals surface area contributed by atoms with Gasteiger partial charge in [-0.05, 0) is 104 Å². The lowest BCUT2D eigenvalue weighted by Gasteiger charge is -2.30. The summed E-state index contributed by atoms with van der Waals surface area (Å²) in [6.07, 6.45) is 0. The van der Waals surface area contributed by atoms with Crippen LogP contribution in [0, 0.1) is 0 Å². The van der Waals surface area contributed by atoms with Crippen molar-refractivity contribution in [3.8, 4) is 50.2 Å². The SMILES string of the molecule is c1ccc(-c2ccccc2-c2c(-c3ccccc3)cccc2N(c2ccc(-c3ccc4ccccc4c3)cc2)c2cccc(-n3c4ccccc4c4ccccc43)c2)cc1. The van der Waals surface area contributed by atoms with Crippen LogP contribution in [0.5, 0.6) is 0 Å². The van der Waals surface area contributed by atoms with E-state index in [1.54, 1.807) is 0 Å². The molecule has 2 heteroatoms. The standard InChI is InChI=1S/C58H40N2/c1-3-18-43(19-4-1)50-25-9-10-28-54(50)58-51(44-20-5-2-6-21-44)29-16-32-57(58)59(47-37-35-42(36-38-47)46-34-33-41-17-7-8-22-45(41)39-46)48-23-15-24-49(40-48)60-55-30-13-11-26-52(55)53-27-12-14-31-56(53)60/h1-40H. The van der Waals surface area contributed by atoms with E-state index in [2.05, 4.69) is 252 Å². The molecule has 1 heterocycles. The average molecular weight is 765 g/mol. The van der Waals surface area contributed by atoms with Crippen molar-refractivity contribution in [3.05, 3.63) is 243 Å². The first-order valence-corrected chi connectivity index (χ1v) is 20.6. The summed E-state index contributed by atoms with van der Waals surface area (Å²) in [5.74, 6) is 0. The third kappa shape index (κ3) is 6.23. The second-order valence-corrected chi connectivity index (χ2v) is 15.3. The van der Waals surface area contributed by atoms with E-state index >= 15 is 0 Å². The molecule has 0 aliphatic heterocycles. The molecule has 0 radical (unpaired) electrons. The maximum atomic E-state index is 2.45. The zero-order chi connectivity index (χ0) is 39.8. The normalized spacial score (nSPS) is 11.3. The molecule has 0 spiro atoms. The molecule has 0 aliphatic rings. The van der Waals surface area contributed by atoms with E-state index < -0.39 is 0 Å². The molecule has 0 saturated heterocycles. The molecular formula is C58H40N2. The van der Waals surface area contributed by atoms with Gasteiger partial charge in [0.05, 0.1) is 16.7 Å². The van der Waals surface area contributed by atoms with Gasteiger partial charge in [-0.2, -0.15) is 0 Å². The molecule has 11 aromatic rings. The highest BCUT2D eigenvalue weighted by Crippen LogP contribution is 2.48. The minimum absolute atomic E-state index is 1.07. The highest BCUT2D eigenvalue weighted by Gasteiger charge is 2.23. The molecule has 0 fully saturated rings. The highest BCUT2D eigenvalue weighted by molar-refractivity contribution is 6.09. The van der Waals surface area contributed by atoms with Crippen molar-refractivity contribution in [3.63, 3.8) is 0 Å². The molecule has 0 saturated carbocycles. The summed E-state index contributed by atoms with van der Waals surface area (Å²) in [5.41, 5.74) is 16.1. The summed E-state index contributed by atoms with van der Waals surface area (Å²) < 4.78 is 2.40. The maximum absolute atomic E-state index is 2.45. The fourth-order valence-corrected chi connectivity index (χ4v) is 9.01. The zero-order valence-electron chi connectivity index (χ0n) is 33.0. The van der Waals surface area contributed by atoms with Crippen LogP contribution in [-0.2, 0) is 0 Å². The fraction of sp³-hybridized carbons (Fsp3) is 0. The van der Waals surface area contributed by atoms with Crippen LogP contribution in [0.3, 0.4) is 0 Å². The van der Waals surface area contributed by atoms with Gasteiger partial charge in [-0.3, -0.25) is 0 Å². The first-order valence-electron chi connectivity index (χ1n) is 20.6. The van der Waals surface area contributed by atoms with E-state index in [0.717, 1.165) is 22.7 Å². The Labute approximate surface area is 350 Å². The number of hydrogen-bond acceptors (Lipinski definition) is 1. The predicted octanol–water partition coefficient (Wildman–Crippen LogP) is 16.1. The third-order valence-electron chi connectivity index (χ3n) is 11.8. The Morgan fingerprint density at radius 3 is 1.57 bits per heavy atom. The van der Waals surface area contributed by atoms with Crippen LogP contribution >= 0.6 is 0 Å². The third-order valence-corrected chi connectivity index (χ3v) is 11.8. The Morgan fingerprint density at radius 1 is 0.300 bits per heavy atom. The largest absolute Gasteiger partial charge is 0.310 e. The van der Waals surface area contributed by atoms with E-state index in [1.807, 2.05) is 0 Å². The summed E-state index contributed by atoms with van der Waals surface area (Å²) in [4.78, 5) is 2.45. The minimum atomic E-state index is 1.07. The van der Waals surface area contributed by atoms with Crippen LogP contribution in [-0.4, -0.2) is 4.57 Å². The lowest BCUT2D eigenvalue weighted by molar-refractivity contribution is 1.17. The maximum Gasteiger partial charge on any atom is 0.0546 e. The quantitative estimate of drug-likeness (QED) is 0.150. The fourth-order valence-electron chi connectivity index (χ4n) is 9.01. The molecule has 2 nitrogen and oxygen atoms in total. The van der Waals surface area contributed by atoms with Crippen LogP contribution < -0.4 is 4.90 Å². The molecule has 10 aromatic carbocycles. The minimum Gasteiger partial charge on any atom is -0.310 e. The van der Waals surface area contributed by atoms with Gasteiger partial charge in [-0.15, -0.1) is 0 Å². The number of rotatable bonds is 8. The van der Waals surface area contributed by atoms with Crippen molar-refractivity contribution in [2.75, 3.05) is 4.90 Å². The first kappa shape index (κ1) is 35.2. The van der Waals surface area contributed by atoms with Gasteiger partial charge in [0.1, 0.15) is 0 Å². The predicted molar refractivity (Wildman–Crippen MR) is 255 cm³/mol. The van der Waals surface area contributed by atoms with E-state index in [-0.39, 0.29) is 0 Å². The van der Waals surface area contributed by atoms with Crippen molar-refractivity contribution in [2.45, 2.75) is 0 Å². The second kappa shape index (κ2) is 15.1. The number of benzene rings is 10. The van der Waals surface area contributed by atoms with Crippen LogP contribution in [0.15, 0.2) is 243 Å². The first-order chi connectivity index (χ1) is 29.8. The number of aromatic nitrogens is 1. The molecule has 0 atom stereocenters. The van der Waals surface area contributed by atoms with Gasteiger partial charge in [0, 0.05) is 33.4 Å². The summed E-state index contributed by atoms with van der Waals surface area (Å²) in [6.45, 7) is 0. The van der Waals surface area contributed by atoms with E-state index in [1.165, 1.54) is 77.1 Å². The van der Waals surface area contributed by atoms with Gasteiger partial charge in [0.2, 0.25) is 0 Å². The highest BCUT2D eigenvalue weighted by atomic mass is 15.1. The number of nitrogens with zero attached hydrogens (tertiary/aromatic N) is 2. The summed E-state index contributed by atoms with van der Waals surface area (Å²) in [6, 6.07) is 88.0. The second-order valence-electron chi connectivity index (χ2n) is 15.3. The molecule has 60 heavy (non-hydrogen) atoms. The molecule has 0 unspecified atom stereocenters. The zero-order valence-corrected chi connectivity index (χ0v) is 33.0. The summed E-state index contributed by atoms with van der Waals surface area (Å²) in [5, 5.41) is 4.97. The van der Waals surface area contributed by atoms with Gasteiger partial charge in [-0.25, -0.2) is 0 Å². The van der Waals surface area contributed by atoms with Crippen molar-refractivity contribution < 1.29 is 0 Å². The van der Waals surface area contributed by atoms with Crippen LogP contribution in [0.4, 0.5) is 17.1 Å². The van der Waals surface area contributed by atoms with Crippen molar-refractivity contribution in [1.29, 1.82) is 0 Å². The Balaban J connectivity index is 1.16. The monoisotopic (exact) mass is 764 g/mol.